The summed E-state index contributed by atoms with van der Waals surface area (Å²) in [5, 5.41) is 2.68. The molecular weight excluding hydrogens is 530 g/mol. The summed E-state index contributed by atoms with van der Waals surface area (Å²) in [5.41, 5.74) is 16.7. The van der Waals surface area contributed by atoms with Crippen molar-refractivity contribution in [1.82, 2.24) is 15.1 Å². The summed E-state index contributed by atoms with van der Waals surface area (Å²) in [6.45, 7) is 3.66. The van der Waals surface area contributed by atoms with Gasteiger partial charge in [0.25, 0.3) is 0 Å². The lowest BCUT2D eigenvalue weighted by Crippen LogP contribution is -2.57. The Hall–Kier alpha value is -4.06. The van der Waals surface area contributed by atoms with E-state index in [1.54, 1.807) is 13.8 Å². The topological polar surface area (TPSA) is 177 Å². The standard InChI is InChI=1S/C28H39N7O4S/c1-28(2,26(29)39)35(18-22-11-7-4-8-12-22)24(37)19-34(15-13-21-9-5-3-6-10-21)25(38)20-40-16-14-32-23(36)17-33-27(30)31/h3-12H,13-20H2,1-2H3,(H2,29,39)(H,32,36)(H4,30,31,33). The molecule has 2 aromatic carbocycles. The Morgan fingerprint density at radius 1 is 0.900 bits per heavy atom. The van der Waals surface area contributed by atoms with Gasteiger partial charge in [-0.1, -0.05) is 60.7 Å². The molecule has 7 N–H and O–H groups in total. The summed E-state index contributed by atoms with van der Waals surface area (Å²) >= 11 is 1.34. The van der Waals surface area contributed by atoms with E-state index >= 15 is 0 Å². The molecule has 216 valence electrons. The van der Waals surface area contributed by atoms with E-state index in [2.05, 4.69) is 10.3 Å². The van der Waals surface area contributed by atoms with E-state index in [-0.39, 0.29) is 49.1 Å². The molecule has 0 aliphatic rings. The number of primary amides is 1. The smallest absolute Gasteiger partial charge is 0.243 e. The van der Waals surface area contributed by atoms with Crippen LogP contribution in [0.15, 0.2) is 65.7 Å². The Balaban J connectivity index is 2.09. The zero-order valence-electron chi connectivity index (χ0n) is 23.0. The SMILES string of the molecule is CC(C)(C(N)=O)N(Cc1ccccc1)C(=O)CN(CCc1ccccc1)C(=O)CSCCNC(=O)CN=C(N)N. The van der Waals surface area contributed by atoms with Gasteiger partial charge in [-0.2, -0.15) is 11.8 Å². The molecule has 0 saturated carbocycles. The maximum Gasteiger partial charge on any atom is 0.243 e. The first kappa shape index (κ1) is 32.2. The van der Waals surface area contributed by atoms with Gasteiger partial charge in [-0.05, 0) is 31.4 Å². The average molecular weight is 570 g/mol. The van der Waals surface area contributed by atoms with Crippen molar-refractivity contribution in [1.29, 1.82) is 0 Å². The zero-order valence-corrected chi connectivity index (χ0v) is 23.9. The summed E-state index contributed by atoms with van der Waals surface area (Å²) in [4.78, 5) is 57.5. The largest absolute Gasteiger partial charge is 0.370 e. The third kappa shape index (κ3) is 11.0. The Morgan fingerprint density at radius 2 is 1.50 bits per heavy atom. The fourth-order valence-electron chi connectivity index (χ4n) is 3.68. The normalized spacial score (nSPS) is 10.8. The van der Waals surface area contributed by atoms with Crippen LogP contribution in [0, 0.1) is 0 Å². The highest BCUT2D eigenvalue weighted by molar-refractivity contribution is 7.99. The first-order valence-electron chi connectivity index (χ1n) is 12.9. The molecule has 0 aliphatic carbocycles. The van der Waals surface area contributed by atoms with E-state index in [1.807, 2.05) is 60.7 Å². The van der Waals surface area contributed by atoms with Crippen LogP contribution in [0.2, 0.25) is 0 Å². The molecule has 0 saturated heterocycles. The lowest BCUT2D eigenvalue weighted by Gasteiger charge is -2.37. The summed E-state index contributed by atoms with van der Waals surface area (Å²) in [7, 11) is 0. The molecule has 4 amide bonds. The van der Waals surface area contributed by atoms with Crippen molar-refractivity contribution in [2.75, 3.05) is 37.7 Å². The van der Waals surface area contributed by atoms with Crippen molar-refractivity contribution in [2.45, 2.75) is 32.4 Å². The zero-order chi connectivity index (χ0) is 29.5. The van der Waals surface area contributed by atoms with E-state index in [9.17, 15) is 19.2 Å². The molecule has 0 spiro atoms. The lowest BCUT2D eigenvalue weighted by molar-refractivity contribution is -0.148. The maximum absolute atomic E-state index is 13.6. The number of aliphatic imine (C=N–C) groups is 1. The van der Waals surface area contributed by atoms with E-state index in [1.165, 1.54) is 21.6 Å². The van der Waals surface area contributed by atoms with Gasteiger partial charge in [0.05, 0.1) is 12.3 Å². The highest BCUT2D eigenvalue weighted by atomic mass is 32.2. The van der Waals surface area contributed by atoms with Gasteiger partial charge in [0.15, 0.2) is 5.96 Å². The first-order valence-corrected chi connectivity index (χ1v) is 14.0. The minimum Gasteiger partial charge on any atom is -0.370 e. The van der Waals surface area contributed by atoms with Crippen molar-refractivity contribution in [3.05, 3.63) is 71.8 Å². The second-order valence-electron chi connectivity index (χ2n) is 9.58. The van der Waals surface area contributed by atoms with Crippen LogP contribution >= 0.6 is 11.8 Å². The molecule has 0 atom stereocenters. The van der Waals surface area contributed by atoms with Gasteiger partial charge in [-0.15, -0.1) is 0 Å². The molecule has 2 rings (SSSR count). The third-order valence-electron chi connectivity index (χ3n) is 6.15. The van der Waals surface area contributed by atoms with Gasteiger partial charge in [0.2, 0.25) is 23.6 Å². The minimum atomic E-state index is -1.27. The second-order valence-corrected chi connectivity index (χ2v) is 10.7. The molecule has 40 heavy (non-hydrogen) atoms. The molecule has 0 fully saturated rings. The summed E-state index contributed by atoms with van der Waals surface area (Å²) in [6, 6.07) is 19.0. The van der Waals surface area contributed by atoms with Gasteiger partial charge in [-0.25, -0.2) is 4.99 Å². The van der Waals surface area contributed by atoms with E-state index in [0.29, 0.717) is 25.3 Å². The number of carbonyl (C=O) groups excluding carboxylic acids is 4. The van der Waals surface area contributed by atoms with Crippen LogP contribution in [0.3, 0.4) is 0 Å². The van der Waals surface area contributed by atoms with E-state index in [4.69, 9.17) is 17.2 Å². The lowest BCUT2D eigenvalue weighted by atomic mass is 10.00. The predicted octanol–water partition coefficient (Wildman–Crippen LogP) is 0.473. The Labute approximate surface area is 239 Å². The molecule has 11 nitrogen and oxygen atoms in total. The molecule has 0 aromatic heterocycles. The Morgan fingerprint density at radius 3 is 2.08 bits per heavy atom. The highest BCUT2D eigenvalue weighted by Crippen LogP contribution is 2.19. The van der Waals surface area contributed by atoms with Crippen molar-refractivity contribution in [2.24, 2.45) is 22.2 Å². The van der Waals surface area contributed by atoms with Crippen LogP contribution in [0.1, 0.15) is 25.0 Å². The van der Waals surface area contributed by atoms with Crippen LogP contribution in [0.25, 0.3) is 0 Å². The van der Waals surface area contributed by atoms with Crippen molar-refractivity contribution in [3.63, 3.8) is 0 Å². The predicted molar refractivity (Wildman–Crippen MR) is 158 cm³/mol. The number of thioether (sulfide) groups is 1. The van der Waals surface area contributed by atoms with Gasteiger partial charge in [0.1, 0.15) is 12.1 Å². The van der Waals surface area contributed by atoms with Gasteiger partial charge in [0, 0.05) is 25.4 Å². The van der Waals surface area contributed by atoms with Crippen LogP contribution < -0.4 is 22.5 Å². The van der Waals surface area contributed by atoms with Crippen LogP contribution in [-0.2, 0) is 32.1 Å². The monoisotopic (exact) mass is 569 g/mol. The number of nitrogens with one attached hydrogen (secondary N) is 1. The van der Waals surface area contributed by atoms with Crippen LogP contribution in [0.4, 0.5) is 0 Å². The Kier molecular flexibility index (Phi) is 13.0. The highest BCUT2D eigenvalue weighted by Gasteiger charge is 2.37. The van der Waals surface area contributed by atoms with E-state index in [0.717, 1.165) is 11.1 Å². The number of nitrogens with zero attached hydrogens (tertiary/aromatic N) is 3. The summed E-state index contributed by atoms with van der Waals surface area (Å²) in [6.07, 6.45) is 0.559. The van der Waals surface area contributed by atoms with Crippen molar-refractivity contribution in [3.8, 4) is 0 Å². The molecule has 0 unspecified atom stereocenters. The number of carbonyl (C=O) groups is 4. The molecule has 0 aliphatic heterocycles. The van der Waals surface area contributed by atoms with Crippen molar-refractivity contribution < 1.29 is 19.2 Å². The molecule has 12 heteroatoms. The van der Waals surface area contributed by atoms with Crippen LogP contribution in [-0.4, -0.2) is 82.6 Å². The van der Waals surface area contributed by atoms with Crippen molar-refractivity contribution >= 4 is 41.4 Å². The number of hydrogen-bond acceptors (Lipinski definition) is 6. The Bertz CT molecular complexity index is 1160. The quantitative estimate of drug-likeness (QED) is 0.129. The molecular formula is C28H39N7O4S. The molecule has 2 aromatic rings. The number of amides is 4. The third-order valence-corrected chi connectivity index (χ3v) is 7.10. The fraction of sp³-hybridized carbons (Fsp3) is 0.393. The summed E-state index contributed by atoms with van der Waals surface area (Å²) in [5.74, 6) is -1.15. The number of hydrogen-bond donors (Lipinski definition) is 4. The molecule has 0 radical (unpaired) electrons. The maximum atomic E-state index is 13.6. The number of benzene rings is 2. The number of guanidine groups is 1. The van der Waals surface area contributed by atoms with E-state index < -0.39 is 11.4 Å². The average Bonchev–Trinajstić information content (AvgIpc) is 2.93. The minimum absolute atomic E-state index is 0.115. The first-order chi connectivity index (χ1) is 19.0. The summed E-state index contributed by atoms with van der Waals surface area (Å²) < 4.78 is 0. The van der Waals surface area contributed by atoms with Gasteiger partial charge in [-0.3, -0.25) is 19.2 Å². The number of rotatable bonds is 16. The number of nitrogens with two attached hydrogens (primary N) is 3. The fourth-order valence-corrected chi connectivity index (χ4v) is 4.43. The van der Waals surface area contributed by atoms with Gasteiger partial charge >= 0.3 is 0 Å². The van der Waals surface area contributed by atoms with Gasteiger partial charge < -0.3 is 32.3 Å². The second kappa shape index (κ2) is 16.1. The molecule has 0 heterocycles. The molecule has 0 bridgehead atoms. The van der Waals surface area contributed by atoms with Crippen LogP contribution in [0.5, 0.6) is 0 Å².